The molecule has 0 radical (unpaired) electrons. The van der Waals surface area contributed by atoms with Gasteiger partial charge in [-0.05, 0) is 18.6 Å². The second kappa shape index (κ2) is 5.44. The number of halogens is 1. The Labute approximate surface area is 104 Å². The van der Waals surface area contributed by atoms with Crippen LogP contribution in [0.25, 0.3) is 0 Å². The van der Waals surface area contributed by atoms with Crippen LogP contribution in [0, 0.1) is 10.1 Å². The molecule has 1 aliphatic rings. The van der Waals surface area contributed by atoms with Gasteiger partial charge in [-0.2, -0.15) is 0 Å². The van der Waals surface area contributed by atoms with Gasteiger partial charge in [-0.15, -0.1) is 0 Å². The van der Waals surface area contributed by atoms with E-state index in [9.17, 15) is 10.1 Å². The van der Waals surface area contributed by atoms with Crippen molar-refractivity contribution >= 4 is 17.3 Å². The smallest absolute Gasteiger partial charge is 0.273 e. The van der Waals surface area contributed by atoms with E-state index < -0.39 is 4.92 Å². The summed E-state index contributed by atoms with van der Waals surface area (Å²) in [4.78, 5) is 10.4. The molecule has 0 spiro atoms. The van der Waals surface area contributed by atoms with Crippen LogP contribution in [0.15, 0.2) is 18.2 Å². The van der Waals surface area contributed by atoms with Crippen molar-refractivity contribution in [1.82, 2.24) is 5.32 Å². The summed E-state index contributed by atoms with van der Waals surface area (Å²) in [5, 5.41) is 14.6. The maximum absolute atomic E-state index is 10.8. The minimum atomic E-state index is -0.390. The van der Waals surface area contributed by atoms with Crippen LogP contribution in [0.4, 0.5) is 5.69 Å². The van der Waals surface area contributed by atoms with Gasteiger partial charge in [0.05, 0.1) is 11.5 Å². The molecule has 0 aliphatic carbocycles. The zero-order valence-electron chi connectivity index (χ0n) is 9.19. The van der Waals surface area contributed by atoms with Gasteiger partial charge in [-0.25, -0.2) is 0 Å². The minimum Gasteiger partial charge on any atom is -0.380 e. The van der Waals surface area contributed by atoms with Crippen LogP contribution in [-0.4, -0.2) is 24.2 Å². The van der Waals surface area contributed by atoms with Gasteiger partial charge < -0.3 is 10.1 Å². The van der Waals surface area contributed by atoms with Gasteiger partial charge in [0.1, 0.15) is 0 Å². The van der Waals surface area contributed by atoms with E-state index in [4.69, 9.17) is 16.3 Å². The molecule has 1 heterocycles. The molecule has 1 aromatic carbocycles. The number of nitro benzene ring substituents is 1. The molecule has 1 aliphatic heterocycles. The average molecular weight is 257 g/mol. The first-order chi connectivity index (χ1) is 8.16. The molecular weight excluding hydrogens is 244 g/mol. The molecule has 1 unspecified atom stereocenters. The summed E-state index contributed by atoms with van der Waals surface area (Å²) in [7, 11) is 0. The first-order valence-corrected chi connectivity index (χ1v) is 5.78. The standard InChI is InChI=1S/C11H13ClN2O3/c12-9-1-2-11(14(15)16)8(5-9)6-13-10-3-4-17-7-10/h1-2,5,10,13H,3-4,6-7H2. The van der Waals surface area contributed by atoms with E-state index in [-0.39, 0.29) is 11.7 Å². The third-order valence-electron chi connectivity index (χ3n) is 2.75. The topological polar surface area (TPSA) is 64.4 Å². The van der Waals surface area contributed by atoms with Gasteiger partial charge in [-0.3, -0.25) is 10.1 Å². The number of hydrogen-bond acceptors (Lipinski definition) is 4. The van der Waals surface area contributed by atoms with Gasteiger partial charge in [0.2, 0.25) is 0 Å². The van der Waals surface area contributed by atoms with Gasteiger partial charge in [0.25, 0.3) is 5.69 Å². The van der Waals surface area contributed by atoms with Crippen molar-refractivity contribution in [3.8, 4) is 0 Å². The molecule has 5 nitrogen and oxygen atoms in total. The lowest BCUT2D eigenvalue weighted by Gasteiger charge is -2.10. The number of nitro groups is 1. The third kappa shape index (κ3) is 3.15. The molecule has 17 heavy (non-hydrogen) atoms. The molecule has 6 heteroatoms. The van der Waals surface area contributed by atoms with Crippen molar-refractivity contribution in [2.24, 2.45) is 0 Å². The first-order valence-electron chi connectivity index (χ1n) is 5.41. The fourth-order valence-electron chi connectivity index (χ4n) is 1.82. The lowest BCUT2D eigenvalue weighted by molar-refractivity contribution is -0.385. The summed E-state index contributed by atoms with van der Waals surface area (Å²) in [6.07, 6.45) is 0.939. The number of rotatable bonds is 4. The van der Waals surface area contributed by atoms with Crippen molar-refractivity contribution in [2.45, 2.75) is 19.0 Å². The molecule has 92 valence electrons. The van der Waals surface area contributed by atoms with E-state index in [2.05, 4.69) is 5.32 Å². The Balaban J connectivity index is 2.07. The molecule has 2 rings (SSSR count). The van der Waals surface area contributed by atoms with Crippen molar-refractivity contribution < 1.29 is 9.66 Å². The van der Waals surface area contributed by atoms with Crippen LogP contribution in [0.1, 0.15) is 12.0 Å². The predicted molar refractivity (Wildman–Crippen MR) is 64.2 cm³/mol. The molecule has 0 saturated carbocycles. The monoisotopic (exact) mass is 256 g/mol. The summed E-state index contributed by atoms with van der Waals surface area (Å²) in [6.45, 7) is 1.84. The highest BCUT2D eigenvalue weighted by atomic mass is 35.5. The van der Waals surface area contributed by atoms with Crippen molar-refractivity contribution in [1.29, 1.82) is 0 Å². The van der Waals surface area contributed by atoms with Crippen molar-refractivity contribution in [2.75, 3.05) is 13.2 Å². The van der Waals surface area contributed by atoms with Gasteiger partial charge in [-0.1, -0.05) is 11.6 Å². The number of hydrogen-bond donors (Lipinski definition) is 1. The lowest BCUT2D eigenvalue weighted by atomic mass is 10.1. The number of nitrogens with one attached hydrogen (secondary N) is 1. The molecule has 1 N–H and O–H groups in total. The maximum Gasteiger partial charge on any atom is 0.273 e. The Kier molecular flexibility index (Phi) is 3.93. The third-order valence-corrected chi connectivity index (χ3v) is 2.98. The zero-order chi connectivity index (χ0) is 12.3. The van der Waals surface area contributed by atoms with E-state index in [1.807, 2.05) is 0 Å². The van der Waals surface area contributed by atoms with Gasteiger partial charge >= 0.3 is 0 Å². The molecule has 1 fully saturated rings. The largest absolute Gasteiger partial charge is 0.380 e. The molecule has 0 bridgehead atoms. The second-order valence-corrected chi connectivity index (χ2v) is 4.41. The number of ether oxygens (including phenoxy) is 1. The van der Waals surface area contributed by atoms with E-state index in [0.717, 1.165) is 13.0 Å². The van der Waals surface area contributed by atoms with Crippen LogP contribution >= 0.6 is 11.6 Å². The van der Waals surface area contributed by atoms with E-state index in [1.54, 1.807) is 6.07 Å². The first kappa shape index (κ1) is 12.3. The fraction of sp³-hybridized carbons (Fsp3) is 0.455. The quantitative estimate of drug-likeness (QED) is 0.662. The van der Waals surface area contributed by atoms with Crippen LogP contribution in [0.2, 0.25) is 5.02 Å². The van der Waals surface area contributed by atoms with Crippen molar-refractivity contribution in [3.63, 3.8) is 0 Å². The Morgan fingerprint density at radius 3 is 3.06 bits per heavy atom. The molecule has 1 atom stereocenters. The summed E-state index contributed by atoms with van der Waals surface area (Å²) in [6, 6.07) is 4.86. The van der Waals surface area contributed by atoms with Gasteiger partial charge in [0.15, 0.2) is 0 Å². The average Bonchev–Trinajstić information content (AvgIpc) is 2.78. The second-order valence-electron chi connectivity index (χ2n) is 3.97. The maximum atomic E-state index is 10.8. The van der Waals surface area contributed by atoms with Crippen LogP contribution in [0.5, 0.6) is 0 Å². The Morgan fingerprint density at radius 2 is 2.41 bits per heavy atom. The Bertz CT molecular complexity index is 419. The Morgan fingerprint density at radius 1 is 1.59 bits per heavy atom. The summed E-state index contributed by atoms with van der Waals surface area (Å²) in [5.41, 5.74) is 0.704. The van der Waals surface area contributed by atoms with E-state index >= 15 is 0 Å². The molecule has 0 amide bonds. The molecule has 1 aromatic rings. The van der Waals surface area contributed by atoms with Gasteiger partial charge in [0, 0.05) is 35.8 Å². The number of nitrogens with zero attached hydrogens (tertiary/aromatic N) is 1. The zero-order valence-corrected chi connectivity index (χ0v) is 9.94. The Hall–Kier alpha value is -1.17. The van der Waals surface area contributed by atoms with Crippen LogP contribution < -0.4 is 5.32 Å². The summed E-state index contributed by atoms with van der Waals surface area (Å²) < 4.78 is 5.22. The normalized spacial score (nSPS) is 19.5. The lowest BCUT2D eigenvalue weighted by Crippen LogP contribution is -2.28. The highest BCUT2D eigenvalue weighted by Gasteiger charge is 2.18. The fourth-order valence-corrected chi connectivity index (χ4v) is 2.02. The van der Waals surface area contributed by atoms with Crippen LogP contribution in [0.3, 0.4) is 0 Å². The minimum absolute atomic E-state index is 0.0980. The highest BCUT2D eigenvalue weighted by molar-refractivity contribution is 6.30. The number of benzene rings is 1. The van der Waals surface area contributed by atoms with Crippen LogP contribution in [-0.2, 0) is 11.3 Å². The molecular formula is C11H13ClN2O3. The van der Waals surface area contributed by atoms with Crippen molar-refractivity contribution in [3.05, 3.63) is 38.9 Å². The molecule has 0 aromatic heterocycles. The molecule has 1 saturated heterocycles. The predicted octanol–water partition coefficient (Wildman–Crippen LogP) is 2.13. The SMILES string of the molecule is O=[N+]([O-])c1ccc(Cl)cc1CNC1CCOC1. The van der Waals surface area contributed by atoms with E-state index in [1.165, 1.54) is 12.1 Å². The summed E-state index contributed by atoms with van der Waals surface area (Å²) in [5.74, 6) is 0. The summed E-state index contributed by atoms with van der Waals surface area (Å²) >= 11 is 5.84. The highest BCUT2D eigenvalue weighted by Crippen LogP contribution is 2.22. The van der Waals surface area contributed by atoms with E-state index in [0.29, 0.717) is 23.7 Å².